The van der Waals surface area contributed by atoms with Gasteiger partial charge in [0.2, 0.25) is 0 Å². The third-order valence-corrected chi connectivity index (χ3v) is 8.91. The van der Waals surface area contributed by atoms with Crippen molar-refractivity contribution < 1.29 is 23.1 Å². The molecule has 3 aromatic rings. The summed E-state index contributed by atoms with van der Waals surface area (Å²) in [5.74, 6) is -0.555. The molecule has 0 amide bonds. The Morgan fingerprint density at radius 3 is 2.53 bits per heavy atom. The summed E-state index contributed by atoms with van der Waals surface area (Å²) >= 11 is 0. The van der Waals surface area contributed by atoms with Crippen LogP contribution in [0.1, 0.15) is 68.3 Å². The number of nitrogens with zero attached hydrogens (tertiary/aromatic N) is 2. The highest BCUT2D eigenvalue weighted by atomic mass is 32.2. The van der Waals surface area contributed by atoms with Gasteiger partial charge in [0.1, 0.15) is 5.75 Å². The number of hydrogen-bond acceptors (Lipinski definition) is 5. The van der Waals surface area contributed by atoms with Crippen molar-refractivity contribution in [1.29, 1.82) is 0 Å². The van der Waals surface area contributed by atoms with Crippen LogP contribution in [0.15, 0.2) is 59.8 Å². The van der Waals surface area contributed by atoms with Gasteiger partial charge in [-0.2, -0.15) is 4.31 Å². The summed E-state index contributed by atoms with van der Waals surface area (Å²) in [6.45, 7) is 8.12. The van der Waals surface area contributed by atoms with Gasteiger partial charge in [-0.1, -0.05) is 63.1 Å². The molecule has 7 nitrogen and oxygen atoms in total. The van der Waals surface area contributed by atoms with E-state index in [0.717, 1.165) is 40.7 Å². The van der Waals surface area contributed by atoms with Gasteiger partial charge in [-0.25, -0.2) is 18.2 Å². The average Bonchev–Trinajstić information content (AvgIpc) is 3.09. The molecule has 1 heterocycles. The first-order valence-electron chi connectivity index (χ1n) is 12.9. The zero-order valence-corrected chi connectivity index (χ0v) is 23.5. The van der Waals surface area contributed by atoms with Crippen LogP contribution >= 0.6 is 0 Å². The van der Waals surface area contributed by atoms with E-state index in [2.05, 4.69) is 50.9 Å². The summed E-state index contributed by atoms with van der Waals surface area (Å²) in [4.78, 5) is 15.4. The van der Waals surface area contributed by atoms with Gasteiger partial charge in [-0.05, 0) is 72.1 Å². The van der Waals surface area contributed by atoms with Gasteiger partial charge >= 0.3 is 5.97 Å². The number of carboxylic acids is 1. The van der Waals surface area contributed by atoms with Crippen molar-refractivity contribution in [2.24, 2.45) is 0 Å². The maximum atomic E-state index is 13.7. The predicted octanol–water partition coefficient (Wildman–Crippen LogP) is 5.91. The lowest BCUT2D eigenvalue weighted by Gasteiger charge is -2.28. The monoisotopic (exact) mass is 536 g/mol. The second kappa shape index (κ2) is 10.9. The van der Waals surface area contributed by atoms with Crippen LogP contribution in [0.25, 0.3) is 11.1 Å². The molecule has 2 aromatic carbocycles. The Labute approximate surface area is 225 Å². The van der Waals surface area contributed by atoms with Crippen LogP contribution in [-0.2, 0) is 26.7 Å². The lowest BCUT2D eigenvalue weighted by Crippen LogP contribution is -2.32. The normalized spacial score (nSPS) is 16.1. The summed E-state index contributed by atoms with van der Waals surface area (Å²) in [5.41, 5.74) is 5.93. The van der Waals surface area contributed by atoms with Crippen molar-refractivity contribution in [3.05, 3.63) is 77.0 Å². The van der Waals surface area contributed by atoms with E-state index in [-0.39, 0.29) is 10.4 Å². The summed E-state index contributed by atoms with van der Waals surface area (Å²) in [5, 5.41) is 9.04. The zero-order valence-electron chi connectivity index (χ0n) is 22.7. The molecule has 4 rings (SSSR count). The van der Waals surface area contributed by atoms with Crippen LogP contribution in [0.5, 0.6) is 5.75 Å². The maximum absolute atomic E-state index is 13.7. The quantitative estimate of drug-likeness (QED) is 0.377. The molecule has 0 spiro atoms. The molecule has 1 aliphatic rings. The number of hydrogen-bond donors (Lipinski definition) is 1. The predicted molar refractivity (Wildman–Crippen MR) is 148 cm³/mol. The first-order chi connectivity index (χ1) is 17.9. The Kier molecular flexibility index (Phi) is 7.95. The van der Waals surface area contributed by atoms with Crippen LogP contribution in [0.4, 0.5) is 0 Å². The van der Waals surface area contributed by atoms with Crippen molar-refractivity contribution >= 4 is 16.0 Å². The number of aryl methyl sites for hydroxylation is 1. The highest BCUT2D eigenvalue weighted by Crippen LogP contribution is 2.39. The standard InChI is InChI=1S/C30H36N2O5S/c1-20-15-22(17-23(16-20)30(2,3)4)21-13-14-28(31-18-21)38(35,36)32(5)26-11-7-6-9-25-24(26)10-8-12-27(25)37-19-29(33)34/h8,10,12-18,26H,6-7,9,11,19H2,1-5H3,(H,33,34). The molecule has 0 saturated carbocycles. The van der Waals surface area contributed by atoms with Crippen molar-refractivity contribution in [2.45, 2.75) is 69.9 Å². The van der Waals surface area contributed by atoms with Crippen molar-refractivity contribution in [3.63, 3.8) is 0 Å². The third-order valence-electron chi connectivity index (χ3n) is 7.13. The van der Waals surface area contributed by atoms with E-state index in [9.17, 15) is 13.2 Å². The SMILES string of the molecule is Cc1cc(-c2ccc(S(=O)(=O)N(C)C3CCCCc4c(OCC(=O)O)cccc43)nc2)cc(C(C)(C)C)c1. The molecular weight excluding hydrogens is 500 g/mol. The van der Waals surface area contributed by atoms with E-state index >= 15 is 0 Å². The van der Waals surface area contributed by atoms with Gasteiger partial charge in [0, 0.05) is 18.8 Å². The molecule has 1 atom stereocenters. The highest BCUT2D eigenvalue weighted by Gasteiger charge is 2.33. The van der Waals surface area contributed by atoms with E-state index < -0.39 is 28.6 Å². The number of benzene rings is 2. The highest BCUT2D eigenvalue weighted by molar-refractivity contribution is 7.89. The molecule has 0 saturated heterocycles. The Morgan fingerprint density at radius 1 is 1.11 bits per heavy atom. The second-order valence-corrected chi connectivity index (χ2v) is 13.0. The summed E-state index contributed by atoms with van der Waals surface area (Å²) in [7, 11) is -2.30. The number of sulfonamides is 1. The van der Waals surface area contributed by atoms with Crippen LogP contribution in [0, 0.1) is 6.92 Å². The van der Waals surface area contributed by atoms with Gasteiger partial charge in [0.25, 0.3) is 10.0 Å². The number of carbonyl (C=O) groups is 1. The molecule has 8 heteroatoms. The van der Waals surface area contributed by atoms with E-state index in [1.165, 1.54) is 9.87 Å². The van der Waals surface area contributed by atoms with E-state index in [0.29, 0.717) is 18.6 Å². The average molecular weight is 537 g/mol. The van der Waals surface area contributed by atoms with Crippen LogP contribution in [0.2, 0.25) is 0 Å². The van der Waals surface area contributed by atoms with Gasteiger partial charge in [0.05, 0.1) is 6.04 Å². The molecule has 0 aliphatic heterocycles. The Bertz CT molecular complexity index is 1430. The number of aromatic nitrogens is 1. The Balaban J connectivity index is 1.64. The summed E-state index contributed by atoms with van der Waals surface area (Å²) in [6.07, 6.45) is 4.69. The molecule has 202 valence electrons. The smallest absolute Gasteiger partial charge is 0.341 e. The molecule has 38 heavy (non-hydrogen) atoms. The number of pyridine rings is 1. The largest absolute Gasteiger partial charge is 0.482 e. The minimum absolute atomic E-state index is 0.00322. The first-order valence-corrected chi connectivity index (χ1v) is 14.3. The lowest BCUT2D eigenvalue weighted by atomic mass is 9.84. The second-order valence-electron chi connectivity index (χ2n) is 11.0. The summed E-state index contributed by atoms with van der Waals surface area (Å²) < 4.78 is 34.3. The van der Waals surface area contributed by atoms with E-state index in [1.807, 2.05) is 12.1 Å². The first kappa shape index (κ1) is 27.8. The van der Waals surface area contributed by atoms with E-state index in [4.69, 9.17) is 9.84 Å². The summed E-state index contributed by atoms with van der Waals surface area (Å²) in [6, 6.07) is 14.8. The number of rotatable bonds is 7. The van der Waals surface area contributed by atoms with Gasteiger partial charge in [0.15, 0.2) is 11.6 Å². The minimum Gasteiger partial charge on any atom is -0.482 e. The van der Waals surface area contributed by atoms with E-state index in [1.54, 1.807) is 31.4 Å². The Morgan fingerprint density at radius 2 is 1.87 bits per heavy atom. The Hall–Kier alpha value is -3.23. The molecule has 0 bridgehead atoms. The number of aliphatic carboxylic acids is 1. The van der Waals surface area contributed by atoms with Gasteiger partial charge in [-0.15, -0.1) is 0 Å². The molecule has 1 aliphatic carbocycles. The van der Waals surface area contributed by atoms with Gasteiger partial charge < -0.3 is 9.84 Å². The number of fused-ring (bicyclic) bond motifs is 1. The molecule has 0 radical (unpaired) electrons. The lowest BCUT2D eigenvalue weighted by molar-refractivity contribution is -0.139. The fraction of sp³-hybridized carbons (Fsp3) is 0.400. The van der Waals surface area contributed by atoms with Crippen LogP contribution in [-0.4, -0.2) is 42.4 Å². The molecule has 1 N–H and O–H groups in total. The van der Waals surface area contributed by atoms with Crippen molar-refractivity contribution in [2.75, 3.05) is 13.7 Å². The van der Waals surface area contributed by atoms with Crippen molar-refractivity contribution in [3.8, 4) is 16.9 Å². The minimum atomic E-state index is -3.89. The molecule has 1 unspecified atom stereocenters. The maximum Gasteiger partial charge on any atom is 0.341 e. The van der Waals surface area contributed by atoms with Crippen molar-refractivity contribution in [1.82, 2.24) is 9.29 Å². The van der Waals surface area contributed by atoms with Crippen LogP contribution in [0.3, 0.4) is 0 Å². The van der Waals surface area contributed by atoms with Gasteiger partial charge in [-0.3, -0.25) is 0 Å². The molecular formula is C30H36N2O5S. The molecule has 0 fully saturated rings. The van der Waals surface area contributed by atoms with Crippen LogP contribution < -0.4 is 4.74 Å². The zero-order chi connectivity index (χ0) is 27.7. The fourth-order valence-corrected chi connectivity index (χ4v) is 6.29. The topological polar surface area (TPSA) is 96.8 Å². The fourth-order valence-electron chi connectivity index (χ4n) is 5.01. The third kappa shape index (κ3) is 5.92. The number of carboxylic acid groups (broad SMARTS) is 1. The number of ether oxygens (including phenoxy) is 1. The molecule has 1 aromatic heterocycles.